The van der Waals surface area contributed by atoms with E-state index in [1.54, 1.807) is 0 Å². The van der Waals surface area contributed by atoms with Gasteiger partial charge in [-0.2, -0.15) is 0 Å². The van der Waals surface area contributed by atoms with Crippen LogP contribution >= 0.6 is 0 Å². The molecule has 2 aromatic rings. The maximum absolute atomic E-state index is 13.0. The second-order valence-corrected chi connectivity index (χ2v) is 6.26. The summed E-state index contributed by atoms with van der Waals surface area (Å²) in [6.45, 7) is 2.10. The van der Waals surface area contributed by atoms with E-state index < -0.39 is 15.8 Å². The quantitative estimate of drug-likeness (QED) is 0.849. The van der Waals surface area contributed by atoms with Crippen molar-refractivity contribution in [2.75, 3.05) is 5.73 Å². The first-order valence-corrected chi connectivity index (χ1v) is 7.47. The molecule has 2 rings (SSSR count). The van der Waals surface area contributed by atoms with Crippen LogP contribution in [0.15, 0.2) is 47.4 Å². The number of aryl methyl sites for hydroxylation is 1. The fourth-order valence-electron chi connectivity index (χ4n) is 1.77. The minimum absolute atomic E-state index is 0.0518. The van der Waals surface area contributed by atoms with Crippen LogP contribution in [0.25, 0.3) is 0 Å². The van der Waals surface area contributed by atoms with Crippen LogP contribution in [0, 0.1) is 12.7 Å². The summed E-state index contributed by atoms with van der Waals surface area (Å²) >= 11 is 0. The lowest BCUT2D eigenvalue weighted by atomic mass is 10.1. The lowest BCUT2D eigenvalue weighted by Crippen LogP contribution is -2.23. The molecule has 0 amide bonds. The average molecular weight is 294 g/mol. The molecule has 0 atom stereocenters. The van der Waals surface area contributed by atoms with E-state index in [0.29, 0.717) is 0 Å². The van der Waals surface area contributed by atoms with Crippen molar-refractivity contribution in [3.05, 3.63) is 59.4 Å². The van der Waals surface area contributed by atoms with Gasteiger partial charge in [0.2, 0.25) is 10.0 Å². The Bertz CT molecular complexity index is 730. The van der Waals surface area contributed by atoms with Gasteiger partial charge >= 0.3 is 0 Å². The number of rotatable bonds is 4. The molecule has 6 heteroatoms. The first-order valence-electron chi connectivity index (χ1n) is 5.99. The number of nitrogen functional groups attached to an aromatic ring is 1. The van der Waals surface area contributed by atoms with Crippen LogP contribution in [0.1, 0.15) is 11.1 Å². The number of benzene rings is 2. The summed E-state index contributed by atoms with van der Waals surface area (Å²) in [6, 6.07) is 10.8. The summed E-state index contributed by atoms with van der Waals surface area (Å²) in [5.74, 6) is -0.636. The number of hydrogen-bond acceptors (Lipinski definition) is 3. The molecular formula is C14H15FN2O2S. The zero-order chi connectivity index (χ0) is 14.8. The third-order valence-corrected chi connectivity index (χ3v) is 4.23. The highest BCUT2D eigenvalue weighted by atomic mass is 32.2. The van der Waals surface area contributed by atoms with Gasteiger partial charge in [0.15, 0.2) is 0 Å². The van der Waals surface area contributed by atoms with Gasteiger partial charge in [0.25, 0.3) is 0 Å². The maximum Gasteiger partial charge on any atom is 0.240 e. The van der Waals surface area contributed by atoms with Gasteiger partial charge in [-0.1, -0.05) is 29.8 Å². The minimum atomic E-state index is -3.71. The Hall–Kier alpha value is -1.92. The standard InChI is InChI=1S/C14H15FN2O2S/c1-10-3-2-4-11(7-10)9-17-20(18,19)12-5-6-13(15)14(16)8-12/h2-8,17H,9,16H2,1H3. The number of nitrogens with two attached hydrogens (primary N) is 1. The largest absolute Gasteiger partial charge is 0.396 e. The fourth-order valence-corrected chi connectivity index (χ4v) is 2.83. The van der Waals surface area contributed by atoms with Gasteiger partial charge in [-0.05, 0) is 30.7 Å². The van der Waals surface area contributed by atoms with Crippen LogP contribution in [0.5, 0.6) is 0 Å². The van der Waals surface area contributed by atoms with Crippen LogP contribution in [-0.2, 0) is 16.6 Å². The average Bonchev–Trinajstić information content (AvgIpc) is 2.40. The van der Waals surface area contributed by atoms with Crippen LogP contribution in [0.2, 0.25) is 0 Å². The summed E-state index contributed by atoms with van der Waals surface area (Å²) in [5.41, 5.74) is 7.09. The monoisotopic (exact) mass is 294 g/mol. The molecule has 0 aliphatic rings. The molecule has 0 saturated carbocycles. The minimum Gasteiger partial charge on any atom is -0.396 e. The summed E-state index contributed by atoms with van der Waals surface area (Å²) in [4.78, 5) is -0.0518. The Labute approximate surface area is 117 Å². The lowest BCUT2D eigenvalue weighted by Gasteiger charge is -2.08. The Kier molecular flexibility index (Phi) is 4.06. The normalized spacial score (nSPS) is 11.5. The third-order valence-electron chi connectivity index (χ3n) is 2.83. The molecule has 0 saturated heterocycles. The smallest absolute Gasteiger partial charge is 0.240 e. The Balaban J connectivity index is 2.17. The molecule has 0 aromatic heterocycles. The highest BCUT2D eigenvalue weighted by Gasteiger charge is 2.15. The molecule has 4 nitrogen and oxygen atoms in total. The van der Waals surface area contributed by atoms with E-state index in [-0.39, 0.29) is 17.1 Å². The lowest BCUT2D eigenvalue weighted by molar-refractivity contribution is 0.580. The number of anilines is 1. The predicted octanol–water partition coefficient (Wildman–Crippen LogP) is 2.19. The van der Waals surface area contributed by atoms with Crippen molar-refractivity contribution in [2.45, 2.75) is 18.4 Å². The second-order valence-electron chi connectivity index (χ2n) is 4.50. The van der Waals surface area contributed by atoms with Crippen molar-refractivity contribution in [3.8, 4) is 0 Å². The van der Waals surface area contributed by atoms with Crippen molar-refractivity contribution in [1.82, 2.24) is 4.72 Å². The van der Waals surface area contributed by atoms with Crippen molar-refractivity contribution in [3.63, 3.8) is 0 Å². The first-order chi connectivity index (χ1) is 9.38. The number of halogens is 1. The van der Waals surface area contributed by atoms with Gasteiger partial charge < -0.3 is 5.73 Å². The van der Waals surface area contributed by atoms with E-state index in [2.05, 4.69) is 4.72 Å². The highest BCUT2D eigenvalue weighted by Crippen LogP contribution is 2.16. The summed E-state index contributed by atoms with van der Waals surface area (Å²) in [7, 11) is -3.71. The van der Waals surface area contributed by atoms with Crippen molar-refractivity contribution in [2.24, 2.45) is 0 Å². The van der Waals surface area contributed by atoms with Crippen LogP contribution in [-0.4, -0.2) is 8.42 Å². The zero-order valence-electron chi connectivity index (χ0n) is 10.9. The van der Waals surface area contributed by atoms with Crippen LogP contribution in [0.4, 0.5) is 10.1 Å². The van der Waals surface area contributed by atoms with Crippen molar-refractivity contribution < 1.29 is 12.8 Å². The first kappa shape index (κ1) is 14.5. The summed E-state index contributed by atoms with van der Waals surface area (Å²) in [6.07, 6.45) is 0. The molecule has 0 unspecified atom stereocenters. The molecule has 20 heavy (non-hydrogen) atoms. The Morgan fingerprint density at radius 1 is 1.20 bits per heavy atom. The maximum atomic E-state index is 13.0. The fraction of sp³-hybridized carbons (Fsp3) is 0.143. The SMILES string of the molecule is Cc1cccc(CNS(=O)(=O)c2ccc(F)c(N)c2)c1. The van der Waals surface area contributed by atoms with Gasteiger partial charge in [0.1, 0.15) is 5.82 Å². The Morgan fingerprint density at radius 3 is 2.60 bits per heavy atom. The number of hydrogen-bond donors (Lipinski definition) is 2. The van der Waals surface area contributed by atoms with Crippen LogP contribution in [0.3, 0.4) is 0 Å². The van der Waals surface area contributed by atoms with Gasteiger partial charge in [0, 0.05) is 6.54 Å². The van der Waals surface area contributed by atoms with E-state index in [0.717, 1.165) is 23.3 Å². The van der Waals surface area contributed by atoms with E-state index in [1.165, 1.54) is 6.07 Å². The van der Waals surface area contributed by atoms with E-state index >= 15 is 0 Å². The molecule has 106 valence electrons. The zero-order valence-corrected chi connectivity index (χ0v) is 11.7. The van der Waals surface area contributed by atoms with E-state index in [4.69, 9.17) is 5.73 Å². The van der Waals surface area contributed by atoms with Gasteiger partial charge in [-0.25, -0.2) is 17.5 Å². The number of sulfonamides is 1. The highest BCUT2D eigenvalue weighted by molar-refractivity contribution is 7.89. The van der Waals surface area contributed by atoms with E-state index in [1.807, 2.05) is 31.2 Å². The molecule has 0 radical (unpaired) electrons. The molecule has 0 aliphatic carbocycles. The van der Waals surface area contributed by atoms with Crippen LogP contribution < -0.4 is 10.5 Å². The topological polar surface area (TPSA) is 72.2 Å². The molecule has 0 heterocycles. The summed E-state index contributed by atoms with van der Waals surface area (Å²) in [5, 5.41) is 0. The second kappa shape index (κ2) is 5.60. The van der Waals surface area contributed by atoms with Crippen molar-refractivity contribution >= 4 is 15.7 Å². The number of nitrogens with one attached hydrogen (secondary N) is 1. The predicted molar refractivity (Wildman–Crippen MR) is 76.0 cm³/mol. The molecule has 0 aliphatic heterocycles. The Morgan fingerprint density at radius 2 is 1.95 bits per heavy atom. The molecular weight excluding hydrogens is 279 g/mol. The van der Waals surface area contributed by atoms with E-state index in [9.17, 15) is 12.8 Å². The van der Waals surface area contributed by atoms with Gasteiger partial charge in [-0.3, -0.25) is 0 Å². The molecule has 0 bridgehead atoms. The molecule has 0 spiro atoms. The molecule has 2 aromatic carbocycles. The molecule has 3 N–H and O–H groups in total. The van der Waals surface area contributed by atoms with Gasteiger partial charge in [-0.15, -0.1) is 0 Å². The van der Waals surface area contributed by atoms with Gasteiger partial charge in [0.05, 0.1) is 10.6 Å². The molecule has 0 fully saturated rings. The third kappa shape index (κ3) is 3.34. The summed E-state index contributed by atoms with van der Waals surface area (Å²) < 4.78 is 39.6. The van der Waals surface area contributed by atoms with Crippen molar-refractivity contribution in [1.29, 1.82) is 0 Å².